The van der Waals surface area contributed by atoms with Gasteiger partial charge >= 0.3 is 12.1 Å². The molecule has 32 heavy (non-hydrogen) atoms. The summed E-state index contributed by atoms with van der Waals surface area (Å²) in [4.78, 5) is 31.9. The standard InChI is InChI=1S/C21H22F3N5O3/c1-4-5-10-32-18(31)14-6-8-15(9-7-14)26-17(30)11-16-12(2)25-20-27-19(21(22,23)24)28-29(20)13(16)3/h6-9H,4-5,10-11H2,1-3H3,(H,26,30). The van der Waals surface area contributed by atoms with Gasteiger partial charge in [-0.1, -0.05) is 13.3 Å². The average molecular weight is 449 g/mol. The van der Waals surface area contributed by atoms with Crippen molar-refractivity contribution >= 4 is 23.3 Å². The zero-order valence-corrected chi connectivity index (χ0v) is 17.8. The fourth-order valence-electron chi connectivity index (χ4n) is 3.03. The minimum absolute atomic E-state index is 0.122. The summed E-state index contributed by atoms with van der Waals surface area (Å²) in [6.07, 6.45) is -3.12. The highest BCUT2D eigenvalue weighted by Crippen LogP contribution is 2.27. The molecule has 0 atom stereocenters. The Morgan fingerprint density at radius 2 is 1.81 bits per heavy atom. The second kappa shape index (κ2) is 9.33. The van der Waals surface area contributed by atoms with E-state index in [4.69, 9.17) is 4.74 Å². The maximum absolute atomic E-state index is 12.9. The zero-order chi connectivity index (χ0) is 23.5. The first-order chi connectivity index (χ1) is 15.1. The highest BCUT2D eigenvalue weighted by molar-refractivity contribution is 5.94. The Bertz CT molecular complexity index is 1140. The van der Waals surface area contributed by atoms with Crippen LogP contribution in [0.25, 0.3) is 5.78 Å². The van der Waals surface area contributed by atoms with Crippen molar-refractivity contribution in [3.63, 3.8) is 0 Å². The Morgan fingerprint density at radius 1 is 1.12 bits per heavy atom. The second-order valence-electron chi connectivity index (χ2n) is 7.20. The lowest BCUT2D eigenvalue weighted by Crippen LogP contribution is -2.18. The molecule has 11 heteroatoms. The van der Waals surface area contributed by atoms with E-state index in [1.165, 1.54) is 0 Å². The van der Waals surface area contributed by atoms with Crippen molar-refractivity contribution in [2.75, 3.05) is 11.9 Å². The van der Waals surface area contributed by atoms with E-state index in [0.29, 0.717) is 34.8 Å². The summed E-state index contributed by atoms with van der Waals surface area (Å²) in [5, 5.41) is 6.17. The molecule has 0 bridgehead atoms. The number of anilines is 1. The lowest BCUT2D eigenvalue weighted by molar-refractivity contribution is -0.144. The first-order valence-electron chi connectivity index (χ1n) is 9.97. The molecular formula is C21H22F3N5O3. The predicted molar refractivity (Wildman–Crippen MR) is 109 cm³/mol. The molecule has 170 valence electrons. The summed E-state index contributed by atoms with van der Waals surface area (Å²) in [5.74, 6) is -2.31. The molecule has 2 aromatic heterocycles. The van der Waals surface area contributed by atoms with Crippen LogP contribution in [0.4, 0.5) is 18.9 Å². The molecule has 2 heterocycles. The number of benzene rings is 1. The van der Waals surface area contributed by atoms with Gasteiger partial charge in [-0.2, -0.15) is 18.2 Å². The first kappa shape index (κ1) is 23.2. The molecule has 1 aromatic carbocycles. The quantitative estimate of drug-likeness (QED) is 0.434. The van der Waals surface area contributed by atoms with Crippen LogP contribution in [-0.2, 0) is 22.1 Å². The van der Waals surface area contributed by atoms with Crippen LogP contribution in [0, 0.1) is 13.8 Å². The van der Waals surface area contributed by atoms with Crippen LogP contribution < -0.4 is 5.32 Å². The Morgan fingerprint density at radius 3 is 2.44 bits per heavy atom. The van der Waals surface area contributed by atoms with Gasteiger partial charge in [0.1, 0.15) is 0 Å². The molecule has 1 amide bonds. The molecule has 0 unspecified atom stereocenters. The van der Waals surface area contributed by atoms with Crippen LogP contribution >= 0.6 is 0 Å². The van der Waals surface area contributed by atoms with E-state index in [1.807, 2.05) is 6.92 Å². The van der Waals surface area contributed by atoms with Gasteiger partial charge in [0.2, 0.25) is 5.91 Å². The largest absolute Gasteiger partial charge is 0.462 e. The summed E-state index contributed by atoms with van der Waals surface area (Å²) in [5.41, 5.74) is 2.01. The maximum atomic E-state index is 12.9. The highest BCUT2D eigenvalue weighted by Gasteiger charge is 2.37. The molecule has 0 saturated carbocycles. The van der Waals surface area contributed by atoms with Crippen molar-refractivity contribution in [1.82, 2.24) is 19.6 Å². The first-order valence-corrected chi connectivity index (χ1v) is 9.97. The summed E-state index contributed by atoms with van der Waals surface area (Å²) >= 11 is 0. The number of fused-ring (bicyclic) bond motifs is 1. The van der Waals surface area contributed by atoms with Crippen LogP contribution in [0.3, 0.4) is 0 Å². The number of aromatic nitrogens is 4. The van der Waals surface area contributed by atoms with Gasteiger partial charge < -0.3 is 10.1 Å². The molecule has 0 saturated heterocycles. The topological polar surface area (TPSA) is 98.5 Å². The SMILES string of the molecule is CCCCOC(=O)c1ccc(NC(=O)Cc2c(C)nc3nc(C(F)(F)F)nn3c2C)cc1. The van der Waals surface area contributed by atoms with Gasteiger partial charge in [-0.05, 0) is 44.5 Å². The number of unbranched alkanes of at least 4 members (excludes halogenated alkanes) is 1. The summed E-state index contributed by atoms with van der Waals surface area (Å²) in [6, 6.07) is 6.23. The molecule has 0 aliphatic carbocycles. The van der Waals surface area contributed by atoms with Gasteiger partial charge in [0.15, 0.2) is 0 Å². The predicted octanol–water partition coefficient (Wildman–Crippen LogP) is 3.90. The number of hydrogen-bond acceptors (Lipinski definition) is 6. The summed E-state index contributed by atoms with van der Waals surface area (Å²) in [7, 11) is 0. The minimum atomic E-state index is -4.69. The van der Waals surface area contributed by atoms with Gasteiger partial charge in [0.05, 0.1) is 18.6 Å². The monoisotopic (exact) mass is 449 g/mol. The molecule has 0 spiro atoms. The van der Waals surface area contributed by atoms with Crippen LogP contribution in [0.15, 0.2) is 24.3 Å². The number of aryl methyl sites for hydroxylation is 2. The minimum Gasteiger partial charge on any atom is -0.462 e. The number of nitrogens with zero attached hydrogens (tertiary/aromatic N) is 4. The number of halogens is 3. The summed E-state index contributed by atoms with van der Waals surface area (Å²) < 4.78 is 44.8. The van der Waals surface area contributed by atoms with Gasteiger partial charge in [0, 0.05) is 22.6 Å². The fourth-order valence-corrected chi connectivity index (χ4v) is 3.03. The molecule has 0 aliphatic rings. The lowest BCUT2D eigenvalue weighted by Gasteiger charge is -2.11. The third-order valence-electron chi connectivity index (χ3n) is 4.78. The van der Waals surface area contributed by atoms with Crippen LogP contribution in [-0.4, -0.2) is 38.1 Å². The van der Waals surface area contributed by atoms with Crippen molar-refractivity contribution in [2.24, 2.45) is 0 Å². The Labute approximate surface area is 181 Å². The molecule has 3 rings (SSSR count). The molecule has 0 fully saturated rings. The van der Waals surface area contributed by atoms with E-state index in [9.17, 15) is 22.8 Å². The van der Waals surface area contributed by atoms with Gasteiger partial charge in [-0.25, -0.2) is 14.3 Å². The van der Waals surface area contributed by atoms with Crippen LogP contribution in [0.5, 0.6) is 0 Å². The number of alkyl halides is 3. The van der Waals surface area contributed by atoms with E-state index < -0.39 is 23.9 Å². The lowest BCUT2D eigenvalue weighted by atomic mass is 10.1. The van der Waals surface area contributed by atoms with Gasteiger partial charge in [-0.15, -0.1) is 5.10 Å². The third kappa shape index (κ3) is 5.21. The van der Waals surface area contributed by atoms with E-state index >= 15 is 0 Å². The molecule has 0 radical (unpaired) electrons. The van der Waals surface area contributed by atoms with Gasteiger partial charge in [-0.3, -0.25) is 4.79 Å². The Balaban J connectivity index is 1.71. The normalized spacial score (nSPS) is 11.6. The van der Waals surface area contributed by atoms with Gasteiger partial charge in [0.25, 0.3) is 11.6 Å². The number of nitrogens with one attached hydrogen (secondary N) is 1. The smallest absolute Gasteiger partial charge is 0.453 e. The number of amides is 1. The Hall–Kier alpha value is -3.50. The highest BCUT2D eigenvalue weighted by atomic mass is 19.4. The third-order valence-corrected chi connectivity index (χ3v) is 4.78. The van der Waals surface area contributed by atoms with Crippen LogP contribution in [0.2, 0.25) is 0 Å². The average Bonchev–Trinajstić information content (AvgIpc) is 3.16. The number of hydrogen-bond donors (Lipinski definition) is 1. The number of carbonyl (C=O) groups is 2. The van der Waals surface area contributed by atoms with E-state index in [2.05, 4.69) is 20.4 Å². The summed E-state index contributed by atoms with van der Waals surface area (Å²) in [6.45, 7) is 5.49. The van der Waals surface area contributed by atoms with E-state index in [0.717, 1.165) is 17.4 Å². The van der Waals surface area contributed by atoms with E-state index in [1.54, 1.807) is 38.1 Å². The molecule has 1 N–H and O–H groups in total. The molecular weight excluding hydrogens is 427 g/mol. The zero-order valence-electron chi connectivity index (χ0n) is 17.8. The van der Waals surface area contributed by atoms with Crippen molar-refractivity contribution in [2.45, 2.75) is 46.2 Å². The van der Waals surface area contributed by atoms with E-state index in [-0.39, 0.29) is 12.2 Å². The molecule has 0 aliphatic heterocycles. The van der Waals surface area contributed by atoms with Crippen molar-refractivity contribution < 1.29 is 27.5 Å². The van der Waals surface area contributed by atoms with Crippen molar-refractivity contribution in [1.29, 1.82) is 0 Å². The molecule has 8 nitrogen and oxygen atoms in total. The van der Waals surface area contributed by atoms with Crippen molar-refractivity contribution in [3.8, 4) is 0 Å². The fraction of sp³-hybridized carbons (Fsp3) is 0.381. The number of esters is 1. The number of ether oxygens (including phenoxy) is 1. The maximum Gasteiger partial charge on any atom is 0.453 e. The van der Waals surface area contributed by atoms with Crippen molar-refractivity contribution in [3.05, 3.63) is 52.6 Å². The number of rotatable bonds is 7. The molecule has 3 aromatic rings. The second-order valence-corrected chi connectivity index (χ2v) is 7.20. The Kier molecular flexibility index (Phi) is 6.75. The van der Waals surface area contributed by atoms with Crippen LogP contribution in [0.1, 0.15) is 52.9 Å². The number of carbonyl (C=O) groups excluding carboxylic acids is 2.